The fraction of sp³-hybridized carbons (Fsp3) is 0.391. The van der Waals surface area contributed by atoms with E-state index in [2.05, 4.69) is 32.9 Å². The second-order valence-corrected chi connectivity index (χ2v) is 8.76. The molecular weight excluding hydrogens is 398 g/mol. The number of halogens is 1. The number of carbonyl (C=O) groups excluding carboxylic acids is 1. The summed E-state index contributed by atoms with van der Waals surface area (Å²) in [6, 6.07) is 14.0. The molecule has 3 aromatic rings. The Hall–Kier alpha value is -2.57. The van der Waals surface area contributed by atoms with Crippen molar-refractivity contribution < 1.29 is 4.79 Å². The minimum atomic E-state index is 0.0822. The normalized spacial score (nSPS) is 18.5. The Balaban J connectivity index is 1.29. The van der Waals surface area contributed by atoms with Crippen molar-refractivity contribution in [2.24, 2.45) is 5.92 Å². The van der Waals surface area contributed by atoms with Crippen LogP contribution in [-0.2, 0) is 4.79 Å². The van der Waals surface area contributed by atoms with Crippen molar-refractivity contribution in [1.82, 2.24) is 19.8 Å². The van der Waals surface area contributed by atoms with Gasteiger partial charge in [-0.2, -0.15) is 0 Å². The Morgan fingerprint density at radius 2 is 1.93 bits per heavy atom. The highest BCUT2D eigenvalue weighted by atomic mass is 35.5. The third-order valence-corrected chi connectivity index (χ3v) is 6.55. The number of H-pyrrole nitrogens is 1. The second kappa shape index (κ2) is 7.93. The summed E-state index contributed by atoms with van der Waals surface area (Å²) in [5, 5.41) is 0.666. The molecule has 1 aromatic heterocycles. The summed E-state index contributed by atoms with van der Waals surface area (Å²) in [6.45, 7) is 5.24. The van der Waals surface area contributed by atoms with Gasteiger partial charge >= 0.3 is 0 Å². The zero-order valence-corrected chi connectivity index (χ0v) is 17.9. The number of carbonyl (C=O) groups is 1. The smallest absolute Gasteiger partial charge is 0.229 e. The van der Waals surface area contributed by atoms with Crippen LogP contribution in [0.2, 0.25) is 5.02 Å². The highest BCUT2D eigenvalue weighted by Gasteiger charge is 2.36. The molecule has 0 radical (unpaired) electrons. The molecule has 0 aliphatic carbocycles. The first-order valence-corrected chi connectivity index (χ1v) is 10.9. The number of aromatic amines is 1. The number of amides is 1. The fourth-order valence-electron chi connectivity index (χ4n) is 4.34. The summed E-state index contributed by atoms with van der Waals surface area (Å²) >= 11 is 6.49. The van der Waals surface area contributed by atoms with Crippen LogP contribution in [0.25, 0.3) is 22.4 Å². The molecule has 0 atom stereocenters. The molecule has 0 saturated carbocycles. The average Bonchev–Trinajstić information content (AvgIpc) is 3.02. The van der Waals surface area contributed by atoms with Crippen LogP contribution < -0.4 is 4.90 Å². The Labute approximate surface area is 181 Å². The van der Waals surface area contributed by atoms with Crippen molar-refractivity contribution in [3.8, 4) is 11.4 Å². The van der Waals surface area contributed by atoms with Gasteiger partial charge in [0.15, 0.2) is 0 Å². The van der Waals surface area contributed by atoms with Gasteiger partial charge in [0.05, 0.1) is 22.0 Å². The van der Waals surface area contributed by atoms with Crippen molar-refractivity contribution >= 4 is 34.2 Å². The molecule has 0 bridgehead atoms. The van der Waals surface area contributed by atoms with E-state index in [9.17, 15) is 4.79 Å². The maximum absolute atomic E-state index is 12.9. The molecule has 3 heterocycles. The molecule has 2 saturated heterocycles. The number of para-hydroxylation sites is 2. The molecule has 2 aliphatic rings. The average molecular weight is 424 g/mol. The monoisotopic (exact) mass is 423 g/mol. The Kier molecular flexibility index (Phi) is 5.13. The summed E-state index contributed by atoms with van der Waals surface area (Å²) in [5.74, 6) is 1.15. The van der Waals surface area contributed by atoms with Gasteiger partial charge in [0.1, 0.15) is 5.82 Å². The van der Waals surface area contributed by atoms with E-state index in [4.69, 9.17) is 11.6 Å². The molecule has 5 rings (SSSR count). The number of nitrogens with zero attached hydrogens (tertiary/aromatic N) is 4. The van der Waals surface area contributed by atoms with Crippen molar-refractivity contribution in [3.05, 3.63) is 47.5 Å². The van der Waals surface area contributed by atoms with Crippen molar-refractivity contribution in [3.63, 3.8) is 0 Å². The van der Waals surface area contributed by atoms with Gasteiger partial charge in [0.25, 0.3) is 0 Å². The first-order valence-electron chi connectivity index (χ1n) is 10.6. The zero-order valence-electron chi connectivity index (χ0n) is 17.1. The third kappa shape index (κ3) is 3.66. The molecule has 1 N–H and O–H groups in total. The van der Waals surface area contributed by atoms with E-state index in [1.54, 1.807) is 0 Å². The summed E-state index contributed by atoms with van der Waals surface area (Å²) in [6.07, 6.45) is 1.05. The molecule has 6 nitrogen and oxygen atoms in total. The maximum atomic E-state index is 12.9. The van der Waals surface area contributed by atoms with Gasteiger partial charge in [-0.25, -0.2) is 4.98 Å². The topological polar surface area (TPSA) is 55.5 Å². The van der Waals surface area contributed by atoms with E-state index >= 15 is 0 Å². The first kappa shape index (κ1) is 19.4. The van der Waals surface area contributed by atoms with E-state index in [1.165, 1.54) is 0 Å². The SMILES string of the molecule is CN1CCCN(C(=O)C2CN(c3ccc(Cl)c(-c4nc5ccccc5[nH]4)c3)C2)CC1. The largest absolute Gasteiger partial charge is 0.370 e. The van der Waals surface area contributed by atoms with E-state index in [0.717, 1.165) is 73.8 Å². The summed E-state index contributed by atoms with van der Waals surface area (Å²) in [7, 11) is 2.12. The minimum absolute atomic E-state index is 0.0822. The number of benzene rings is 2. The molecule has 156 valence electrons. The molecule has 0 unspecified atom stereocenters. The van der Waals surface area contributed by atoms with Gasteiger partial charge in [0.2, 0.25) is 5.91 Å². The minimum Gasteiger partial charge on any atom is -0.370 e. The van der Waals surface area contributed by atoms with Crippen molar-refractivity contribution in [1.29, 1.82) is 0 Å². The van der Waals surface area contributed by atoms with E-state index in [0.29, 0.717) is 10.9 Å². The predicted octanol–water partition coefficient (Wildman–Crippen LogP) is 3.48. The number of anilines is 1. The summed E-state index contributed by atoms with van der Waals surface area (Å²) in [5.41, 5.74) is 3.88. The molecule has 2 aromatic carbocycles. The first-order chi connectivity index (χ1) is 14.6. The van der Waals surface area contributed by atoms with Gasteiger partial charge in [0, 0.05) is 44.0 Å². The van der Waals surface area contributed by atoms with E-state index in [-0.39, 0.29) is 5.92 Å². The molecule has 7 heteroatoms. The van der Waals surface area contributed by atoms with Crippen LogP contribution in [0, 0.1) is 5.92 Å². The highest BCUT2D eigenvalue weighted by molar-refractivity contribution is 6.33. The predicted molar refractivity (Wildman–Crippen MR) is 121 cm³/mol. The Bertz CT molecular complexity index is 1040. The van der Waals surface area contributed by atoms with Crippen LogP contribution in [-0.4, -0.2) is 72.0 Å². The highest BCUT2D eigenvalue weighted by Crippen LogP contribution is 2.34. The lowest BCUT2D eigenvalue weighted by atomic mass is 9.96. The maximum Gasteiger partial charge on any atom is 0.229 e. The lowest BCUT2D eigenvalue weighted by molar-refractivity contribution is -0.136. The summed E-state index contributed by atoms with van der Waals surface area (Å²) in [4.78, 5) is 27.5. The summed E-state index contributed by atoms with van der Waals surface area (Å²) < 4.78 is 0. The van der Waals surface area contributed by atoms with Crippen LogP contribution in [0.1, 0.15) is 6.42 Å². The van der Waals surface area contributed by atoms with Gasteiger partial charge in [-0.3, -0.25) is 4.79 Å². The van der Waals surface area contributed by atoms with Gasteiger partial charge < -0.3 is 19.7 Å². The van der Waals surface area contributed by atoms with Crippen LogP contribution in [0.4, 0.5) is 5.69 Å². The number of aromatic nitrogens is 2. The molecule has 1 amide bonds. The standard InChI is InChI=1S/C23H26ClN5O/c1-27-9-4-10-28(12-11-27)23(30)16-14-29(15-16)17-7-8-19(24)18(13-17)22-25-20-5-2-3-6-21(20)26-22/h2-3,5-8,13,16H,4,9-12,14-15H2,1H3,(H,25,26). The molecule has 0 spiro atoms. The second-order valence-electron chi connectivity index (χ2n) is 8.35. The number of likely N-dealkylation sites (N-methyl/N-ethyl adjacent to an activating group) is 1. The van der Waals surface area contributed by atoms with Crippen molar-refractivity contribution in [2.45, 2.75) is 6.42 Å². The molecular formula is C23H26ClN5O. The Morgan fingerprint density at radius 3 is 2.77 bits per heavy atom. The van der Waals surface area contributed by atoms with Gasteiger partial charge in [-0.05, 0) is 50.3 Å². The number of hydrogen-bond acceptors (Lipinski definition) is 4. The van der Waals surface area contributed by atoms with Crippen LogP contribution >= 0.6 is 11.6 Å². The quantitative estimate of drug-likeness (QED) is 0.700. The number of rotatable bonds is 3. The lowest BCUT2D eigenvalue weighted by Gasteiger charge is -2.42. The third-order valence-electron chi connectivity index (χ3n) is 6.22. The molecule has 30 heavy (non-hydrogen) atoms. The number of hydrogen-bond donors (Lipinski definition) is 1. The van der Waals surface area contributed by atoms with Crippen molar-refractivity contribution in [2.75, 3.05) is 51.2 Å². The van der Waals surface area contributed by atoms with Gasteiger partial charge in [-0.15, -0.1) is 0 Å². The van der Waals surface area contributed by atoms with E-state index < -0.39 is 0 Å². The lowest BCUT2D eigenvalue weighted by Crippen LogP contribution is -2.55. The van der Waals surface area contributed by atoms with Crippen LogP contribution in [0.5, 0.6) is 0 Å². The molecule has 2 aliphatic heterocycles. The zero-order chi connectivity index (χ0) is 20.7. The Morgan fingerprint density at radius 1 is 1.10 bits per heavy atom. The number of fused-ring (bicyclic) bond motifs is 1. The number of nitrogens with one attached hydrogen (secondary N) is 1. The number of imidazole rings is 1. The van der Waals surface area contributed by atoms with E-state index in [1.807, 2.05) is 41.3 Å². The van der Waals surface area contributed by atoms with Crippen LogP contribution in [0.3, 0.4) is 0 Å². The van der Waals surface area contributed by atoms with Crippen LogP contribution in [0.15, 0.2) is 42.5 Å². The van der Waals surface area contributed by atoms with Gasteiger partial charge in [-0.1, -0.05) is 23.7 Å². The fourth-order valence-corrected chi connectivity index (χ4v) is 4.55. The molecule has 2 fully saturated rings.